The molecule has 102 valence electrons. The van der Waals surface area contributed by atoms with Gasteiger partial charge >= 0.3 is 0 Å². The van der Waals surface area contributed by atoms with Crippen LogP contribution in [-0.2, 0) is 9.53 Å². The van der Waals surface area contributed by atoms with E-state index < -0.39 is 0 Å². The van der Waals surface area contributed by atoms with Crippen molar-refractivity contribution in [2.75, 3.05) is 31.3 Å². The molecular formula is C12H15N3O2S2. The molecule has 0 radical (unpaired) electrons. The summed E-state index contributed by atoms with van der Waals surface area (Å²) in [6.07, 6.45) is 2.00. The first-order valence-corrected chi connectivity index (χ1v) is 7.79. The van der Waals surface area contributed by atoms with Gasteiger partial charge in [0.2, 0.25) is 5.91 Å². The van der Waals surface area contributed by atoms with Crippen molar-refractivity contribution in [2.24, 2.45) is 5.73 Å². The van der Waals surface area contributed by atoms with E-state index in [-0.39, 0.29) is 12.5 Å². The Labute approximate surface area is 119 Å². The van der Waals surface area contributed by atoms with Crippen LogP contribution in [0, 0.1) is 0 Å². The fraction of sp³-hybridized carbons (Fsp3) is 0.333. The molecule has 0 saturated heterocycles. The summed E-state index contributed by atoms with van der Waals surface area (Å²) in [4.78, 5) is 16.0. The number of amides is 1. The van der Waals surface area contributed by atoms with E-state index in [1.807, 2.05) is 24.5 Å². The summed E-state index contributed by atoms with van der Waals surface area (Å²) in [5, 5.41) is 2.79. The summed E-state index contributed by atoms with van der Waals surface area (Å²) in [5.41, 5.74) is 6.99. The van der Waals surface area contributed by atoms with Crippen LogP contribution in [0.3, 0.4) is 0 Å². The van der Waals surface area contributed by atoms with Crippen LogP contribution in [0.5, 0.6) is 0 Å². The number of rotatable bonds is 6. The first-order chi connectivity index (χ1) is 9.22. The van der Waals surface area contributed by atoms with Gasteiger partial charge in [-0.1, -0.05) is 11.8 Å². The van der Waals surface area contributed by atoms with E-state index in [2.05, 4.69) is 10.3 Å². The van der Waals surface area contributed by atoms with Crippen LogP contribution < -0.4 is 11.1 Å². The van der Waals surface area contributed by atoms with Crippen LogP contribution in [0.2, 0.25) is 0 Å². The average molecular weight is 297 g/mol. The van der Waals surface area contributed by atoms with Crippen LogP contribution in [0.25, 0.3) is 10.2 Å². The largest absolute Gasteiger partial charge is 0.370 e. The van der Waals surface area contributed by atoms with Gasteiger partial charge in [-0.3, -0.25) is 4.79 Å². The number of benzene rings is 1. The molecule has 0 spiro atoms. The molecule has 0 bridgehead atoms. The summed E-state index contributed by atoms with van der Waals surface area (Å²) in [7, 11) is 0. The van der Waals surface area contributed by atoms with Crippen molar-refractivity contribution in [1.82, 2.24) is 4.98 Å². The summed E-state index contributed by atoms with van der Waals surface area (Å²) < 4.78 is 7.15. The maximum Gasteiger partial charge on any atom is 0.250 e. The Balaban J connectivity index is 2.02. The maximum atomic E-state index is 11.6. The normalized spacial score (nSPS) is 10.8. The highest BCUT2D eigenvalue weighted by atomic mass is 32.2. The number of nitrogens with one attached hydrogen (secondary N) is 1. The van der Waals surface area contributed by atoms with Crippen LogP contribution in [0.15, 0.2) is 22.5 Å². The van der Waals surface area contributed by atoms with E-state index in [9.17, 15) is 4.79 Å². The zero-order chi connectivity index (χ0) is 13.7. The number of fused-ring (bicyclic) bond motifs is 1. The van der Waals surface area contributed by atoms with E-state index in [4.69, 9.17) is 10.5 Å². The number of thioether (sulfide) groups is 1. The van der Waals surface area contributed by atoms with Gasteiger partial charge in [0.1, 0.15) is 6.61 Å². The van der Waals surface area contributed by atoms with Crippen LogP contribution in [0.4, 0.5) is 5.69 Å². The molecule has 2 rings (SSSR count). The van der Waals surface area contributed by atoms with Gasteiger partial charge in [0.05, 0.1) is 16.8 Å². The zero-order valence-electron chi connectivity index (χ0n) is 10.5. The lowest BCUT2D eigenvalue weighted by Gasteiger charge is -2.05. The molecule has 0 fully saturated rings. The molecule has 0 aliphatic rings. The average Bonchev–Trinajstić information content (AvgIpc) is 2.81. The molecule has 0 aliphatic heterocycles. The predicted octanol–water partition coefficient (Wildman–Crippen LogP) is 1.93. The summed E-state index contributed by atoms with van der Waals surface area (Å²) >= 11 is 3.23. The minimum Gasteiger partial charge on any atom is -0.370 e. The smallest absolute Gasteiger partial charge is 0.250 e. The van der Waals surface area contributed by atoms with Gasteiger partial charge in [-0.15, -0.1) is 11.3 Å². The highest BCUT2D eigenvalue weighted by molar-refractivity contribution is 8.00. The first-order valence-electron chi connectivity index (χ1n) is 5.75. The van der Waals surface area contributed by atoms with Crippen molar-refractivity contribution in [3.8, 4) is 0 Å². The molecule has 7 heteroatoms. The summed E-state index contributed by atoms with van der Waals surface area (Å²) in [5.74, 6) is -0.178. The minimum absolute atomic E-state index is 0.0218. The van der Waals surface area contributed by atoms with Gasteiger partial charge < -0.3 is 15.8 Å². The zero-order valence-corrected chi connectivity index (χ0v) is 12.1. The number of hydrogen-bond acceptors (Lipinski definition) is 6. The lowest BCUT2D eigenvalue weighted by molar-refractivity contribution is -0.120. The number of hydrogen-bond donors (Lipinski definition) is 2. The summed E-state index contributed by atoms with van der Waals surface area (Å²) in [6, 6.07) is 5.67. The quantitative estimate of drug-likeness (QED) is 0.629. The third-order valence-electron chi connectivity index (χ3n) is 2.32. The van der Waals surface area contributed by atoms with E-state index in [1.165, 1.54) is 0 Å². The number of carbonyl (C=O) groups excluding carboxylic acids is 1. The van der Waals surface area contributed by atoms with E-state index in [0.717, 1.165) is 20.2 Å². The highest BCUT2D eigenvalue weighted by Gasteiger charge is 2.06. The fourth-order valence-electron chi connectivity index (χ4n) is 1.51. The number of anilines is 1. The Morgan fingerprint density at radius 2 is 2.42 bits per heavy atom. The SMILES string of the molecule is CSc1nc2ccc(NC(=O)COCCN)cc2s1. The molecule has 0 unspecified atom stereocenters. The Morgan fingerprint density at radius 1 is 1.58 bits per heavy atom. The predicted molar refractivity (Wildman–Crippen MR) is 79.9 cm³/mol. The molecular weight excluding hydrogens is 282 g/mol. The lowest BCUT2D eigenvalue weighted by atomic mass is 10.3. The molecule has 1 aromatic carbocycles. The van der Waals surface area contributed by atoms with E-state index in [1.54, 1.807) is 23.1 Å². The van der Waals surface area contributed by atoms with Gasteiger partial charge in [-0.25, -0.2) is 4.98 Å². The Kier molecular flexibility index (Phi) is 5.15. The molecule has 3 N–H and O–H groups in total. The number of aromatic nitrogens is 1. The number of nitrogens with two attached hydrogens (primary N) is 1. The Bertz CT molecular complexity index is 571. The molecule has 2 aromatic rings. The minimum atomic E-state index is -0.178. The molecule has 19 heavy (non-hydrogen) atoms. The van der Waals surface area contributed by atoms with Crippen molar-refractivity contribution in [3.63, 3.8) is 0 Å². The molecule has 0 atom stereocenters. The molecule has 0 saturated carbocycles. The second-order valence-corrected chi connectivity index (χ2v) is 5.84. The van der Waals surface area contributed by atoms with Crippen molar-refractivity contribution in [3.05, 3.63) is 18.2 Å². The third-order valence-corrected chi connectivity index (χ3v) is 4.33. The standard InChI is InChI=1S/C12H15N3O2S2/c1-18-12-15-9-3-2-8(6-10(9)19-12)14-11(16)7-17-5-4-13/h2-3,6H,4-5,7,13H2,1H3,(H,14,16). The van der Waals surface area contributed by atoms with Crippen LogP contribution in [-0.4, -0.2) is 36.9 Å². The molecule has 1 aromatic heterocycles. The van der Waals surface area contributed by atoms with Crippen molar-refractivity contribution >= 4 is 44.9 Å². The van der Waals surface area contributed by atoms with Gasteiger partial charge in [0, 0.05) is 12.2 Å². The molecule has 1 heterocycles. The van der Waals surface area contributed by atoms with Gasteiger partial charge in [0.25, 0.3) is 0 Å². The van der Waals surface area contributed by atoms with E-state index >= 15 is 0 Å². The van der Waals surface area contributed by atoms with Gasteiger partial charge in [0.15, 0.2) is 4.34 Å². The number of carbonyl (C=O) groups is 1. The maximum absolute atomic E-state index is 11.6. The third kappa shape index (κ3) is 3.90. The highest BCUT2D eigenvalue weighted by Crippen LogP contribution is 2.29. The topological polar surface area (TPSA) is 77.2 Å². The van der Waals surface area contributed by atoms with Gasteiger partial charge in [-0.05, 0) is 24.5 Å². The van der Waals surface area contributed by atoms with E-state index in [0.29, 0.717) is 13.2 Å². The monoisotopic (exact) mass is 297 g/mol. The Morgan fingerprint density at radius 3 is 3.16 bits per heavy atom. The number of nitrogens with zero attached hydrogens (tertiary/aromatic N) is 1. The number of thiazole rings is 1. The van der Waals surface area contributed by atoms with Crippen LogP contribution in [0.1, 0.15) is 0 Å². The van der Waals surface area contributed by atoms with Crippen LogP contribution >= 0.6 is 23.1 Å². The molecule has 5 nitrogen and oxygen atoms in total. The summed E-state index contributed by atoms with van der Waals surface area (Å²) in [6.45, 7) is 0.823. The fourth-order valence-corrected chi connectivity index (χ4v) is 3.04. The Hall–Kier alpha value is -1.15. The second kappa shape index (κ2) is 6.85. The first kappa shape index (κ1) is 14.3. The van der Waals surface area contributed by atoms with Crippen molar-refractivity contribution in [1.29, 1.82) is 0 Å². The van der Waals surface area contributed by atoms with Gasteiger partial charge in [-0.2, -0.15) is 0 Å². The number of ether oxygens (including phenoxy) is 1. The molecule has 1 amide bonds. The van der Waals surface area contributed by atoms with Crippen molar-refractivity contribution < 1.29 is 9.53 Å². The second-order valence-electron chi connectivity index (χ2n) is 3.76. The molecule has 0 aliphatic carbocycles. The van der Waals surface area contributed by atoms with Crippen molar-refractivity contribution in [2.45, 2.75) is 4.34 Å². The lowest BCUT2D eigenvalue weighted by Crippen LogP contribution is -2.20.